The minimum atomic E-state index is -0.140. The molecule has 0 radical (unpaired) electrons. The zero-order valence-electron chi connectivity index (χ0n) is 16.2. The second-order valence-corrected chi connectivity index (χ2v) is 8.13. The van der Waals surface area contributed by atoms with Crippen molar-refractivity contribution >= 4 is 32.6 Å². The van der Waals surface area contributed by atoms with Crippen molar-refractivity contribution in [2.24, 2.45) is 0 Å². The van der Waals surface area contributed by atoms with Crippen LogP contribution < -0.4 is 4.90 Å². The van der Waals surface area contributed by atoms with Crippen LogP contribution >= 0.6 is 11.3 Å². The van der Waals surface area contributed by atoms with Gasteiger partial charge in [-0.3, -0.25) is 14.4 Å². The first-order valence-electron chi connectivity index (χ1n) is 9.29. The molecule has 0 saturated carbocycles. The minimum absolute atomic E-state index is 0.140. The van der Waals surface area contributed by atoms with E-state index in [9.17, 15) is 4.79 Å². The van der Waals surface area contributed by atoms with Crippen LogP contribution in [-0.2, 0) is 6.54 Å². The zero-order valence-corrected chi connectivity index (χ0v) is 17.0. The minimum Gasteiger partial charge on any atom is -0.278 e. The first-order valence-corrected chi connectivity index (χ1v) is 10.1. The molecule has 0 atom stereocenters. The number of aromatic nitrogens is 3. The first-order chi connectivity index (χ1) is 13.5. The highest BCUT2D eigenvalue weighted by molar-refractivity contribution is 7.22. The standard InChI is InChI=1S/C22H22N4OS/c1-15(2)26-12-11-19(24-26)21(27)25(14-17-7-5-4-6-8-17)22-23-18-10-9-16(3)13-20(18)28-22/h4-13,15H,14H2,1-3H3. The molecule has 2 aromatic carbocycles. The van der Waals surface area contributed by atoms with Crippen molar-refractivity contribution in [3.63, 3.8) is 0 Å². The van der Waals surface area contributed by atoms with Gasteiger partial charge in [0.25, 0.3) is 5.91 Å². The fraction of sp³-hybridized carbons (Fsp3) is 0.227. The lowest BCUT2D eigenvalue weighted by Gasteiger charge is -2.19. The number of hydrogen-bond acceptors (Lipinski definition) is 4. The maximum atomic E-state index is 13.3. The topological polar surface area (TPSA) is 51.0 Å². The predicted octanol–water partition coefficient (Wildman–Crippen LogP) is 5.23. The number of fused-ring (bicyclic) bond motifs is 1. The summed E-state index contributed by atoms with van der Waals surface area (Å²) >= 11 is 1.53. The van der Waals surface area contributed by atoms with E-state index < -0.39 is 0 Å². The van der Waals surface area contributed by atoms with Crippen molar-refractivity contribution in [2.75, 3.05) is 4.90 Å². The normalized spacial score (nSPS) is 11.3. The number of aryl methyl sites for hydroxylation is 1. The summed E-state index contributed by atoms with van der Waals surface area (Å²) in [6.45, 7) is 6.59. The maximum Gasteiger partial charge on any atom is 0.280 e. The molecule has 4 aromatic rings. The number of thiazole rings is 1. The van der Waals surface area contributed by atoms with Crippen LogP contribution in [0.4, 0.5) is 5.13 Å². The fourth-order valence-electron chi connectivity index (χ4n) is 3.01. The Kier molecular flexibility index (Phi) is 4.96. The Morgan fingerprint density at radius 3 is 2.64 bits per heavy atom. The third-order valence-electron chi connectivity index (χ3n) is 4.55. The van der Waals surface area contributed by atoms with E-state index in [1.54, 1.807) is 15.6 Å². The van der Waals surface area contributed by atoms with Crippen LogP contribution in [0.2, 0.25) is 0 Å². The number of carbonyl (C=O) groups is 1. The average molecular weight is 391 g/mol. The van der Waals surface area contributed by atoms with Gasteiger partial charge in [0.1, 0.15) is 0 Å². The summed E-state index contributed by atoms with van der Waals surface area (Å²) in [5.74, 6) is -0.140. The van der Waals surface area contributed by atoms with Gasteiger partial charge in [-0.15, -0.1) is 0 Å². The molecular weight excluding hydrogens is 368 g/mol. The monoisotopic (exact) mass is 390 g/mol. The van der Waals surface area contributed by atoms with Crippen LogP contribution in [-0.4, -0.2) is 20.7 Å². The highest BCUT2D eigenvalue weighted by atomic mass is 32.1. The lowest BCUT2D eigenvalue weighted by atomic mass is 10.2. The molecule has 0 aliphatic carbocycles. The van der Waals surface area contributed by atoms with Gasteiger partial charge >= 0.3 is 0 Å². The van der Waals surface area contributed by atoms with E-state index in [1.807, 2.05) is 62.5 Å². The van der Waals surface area contributed by atoms with E-state index in [2.05, 4.69) is 18.1 Å². The number of carbonyl (C=O) groups excluding carboxylic acids is 1. The molecule has 4 rings (SSSR count). The SMILES string of the molecule is Cc1ccc2nc(N(Cc3ccccc3)C(=O)c3ccn(C(C)C)n3)sc2c1. The molecule has 1 amide bonds. The van der Waals surface area contributed by atoms with Crippen molar-refractivity contribution in [3.8, 4) is 0 Å². The second kappa shape index (κ2) is 7.56. The number of nitrogens with zero attached hydrogens (tertiary/aromatic N) is 4. The lowest BCUT2D eigenvalue weighted by Crippen LogP contribution is -2.30. The smallest absolute Gasteiger partial charge is 0.278 e. The largest absolute Gasteiger partial charge is 0.280 e. The summed E-state index contributed by atoms with van der Waals surface area (Å²) in [5, 5.41) is 5.16. The van der Waals surface area contributed by atoms with Gasteiger partial charge in [-0.05, 0) is 50.1 Å². The molecule has 5 nitrogen and oxygen atoms in total. The molecule has 0 fully saturated rings. The predicted molar refractivity (Wildman–Crippen MR) is 114 cm³/mol. The lowest BCUT2D eigenvalue weighted by molar-refractivity contribution is 0.0979. The summed E-state index contributed by atoms with van der Waals surface area (Å²) < 4.78 is 2.88. The van der Waals surface area contributed by atoms with Crippen LogP contribution in [0.15, 0.2) is 60.8 Å². The van der Waals surface area contributed by atoms with Crippen LogP contribution in [0.5, 0.6) is 0 Å². The van der Waals surface area contributed by atoms with Crippen molar-refractivity contribution < 1.29 is 4.79 Å². The Morgan fingerprint density at radius 1 is 1.14 bits per heavy atom. The van der Waals surface area contributed by atoms with Gasteiger partial charge in [0.2, 0.25) is 0 Å². The van der Waals surface area contributed by atoms with E-state index >= 15 is 0 Å². The molecule has 0 unspecified atom stereocenters. The molecule has 0 bridgehead atoms. The van der Waals surface area contributed by atoms with Gasteiger partial charge in [-0.2, -0.15) is 5.10 Å². The Morgan fingerprint density at radius 2 is 1.93 bits per heavy atom. The Labute approximate surface area is 168 Å². The number of amides is 1. The van der Waals surface area contributed by atoms with Gasteiger partial charge in [0, 0.05) is 12.2 Å². The van der Waals surface area contributed by atoms with E-state index in [0.29, 0.717) is 17.4 Å². The molecule has 2 aromatic heterocycles. The highest BCUT2D eigenvalue weighted by Crippen LogP contribution is 2.31. The van der Waals surface area contributed by atoms with Gasteiger partial charge < -0.3 is 0 Å². The fourth-order valence-corrected chi connectivity index (χ4v) is 4.07. The molecule has 142 valence electrons. The third-order valence-corrected chi connectivity index (χ3v) is 5.59. The molecule has 6 heteroatoms. The van der Waals surface area contributed by atoms with Crippen LogP contribution in [0.25, 0.3) is 10.2 Å². The Balaban J connectivity index is 1.74. The van der Waals surface area contributed by atoms with Gasteiger partial charge in [-0.25, -0.2) is 4.98 Å². The molecule has 0 spiro atoms. The van der Waals surface area contributed by atoms with Crippen LogP contribution in [0, 0.1) is 6.92 Å². The molecule has 2 heterocycles. The number of rotatable bonds is 5. The first kappa shape index (κ1) is 18.4. The van der Waals surface area contributed by atoms with Crippen LogP contribution in [0.1, 0.15) is 41.5 Å². The number of benzene rings is 2. The summed E-state index contributed by atoms with van der Waals surface area (Å²) in [6.07, 6.45) is 1.85. The molecule has 0 N–H and O–H groups in total. The van der Waals surface area contributed by atoms with Crippen molar-refractivity contribution in [2.45, 2.75) is 33.4 Å². The summed E-state index contributed by atoms with van der Waals surface area (Å²) in [7, 11) is 0. The zero-order chi connectivity index (χ0) is 19.7. The quantitative estimate of drug-likeness (QED) is 0.469. The van der Waals surface area contributed by atoms with E-state index in [1.165, 1.54) is 16.9 Å². The number of anilines is 1. The van der Waals surface area contributed by atoms with Crippen molar-refractivity contribution in [1.29, 1.82) is 0 Å². The maximum absolute atomic E-state index is 13.3. The Hall–Kier alpha value is -2.99. The molecule has 28 heavy (non-hydrogen) atoms. The molecule has 0 aliphatic heterocycles. The van der Waals surface area contributed by atoms with E-state index in [-0.39, 0.29) is 11.9 Å². The molecular formula is C22H22N4OS. The third kappa shape index (κ3) is 3.68. The van der Waals surface area contributed by atoms with Gasteiger partial charge in [0.05, 0.1) is 16.8 Å². The van der Waals surface area contributed by atoms with Crippen molar-refractivity contribution in [3.05, 3.63) is 77.6 Å². The summed E-state index contributed by atoms with van der Waals surface area (Å²) in [6, 6.07) is 18.1. The number of hydrogen-bond donors (Lipinski definition) is 0. The Bertz CT molecular complexity index is 1110. The summed E-state index contributed by atoms with van der Waals surface area (Å²) in [5.41, 5.74) is 3.57. The van der Waals surface area contributed by atoms with Crippen LogP contribution in [0.3, 0.4) is 0 Å². The van der Waals surface area contributed by atoms with Gasteiger partial charge in [-0.1, -0.05) is 47.7 Å². The molecule has 0 aliphatic rings. The van der Waals surface area contributed by atoms with E-state index in [0.717, 1.165) is 15.8 Å². The second-order valence-electron chi connectivity index (χ2n) is 7.12. The van der Waals surface area contributed by atoms with Crippen molar-refractivity contribution in [1.82, 2.24) is 14.8 Å². The highest BCUT2D eigenvalue weighted by Gasteiger charge is 2.24. The summed E-state index contributed by atoms with van der Waals surface area (Å²) in [4.78, 5) is 19.8. The van der Waals surface area contributed by atoms with Gasteiger partial charge in [0.15, 0.2) is 10.8 Å². The molecule has 0 saturated heterocycles. The van der Waals surface area contributed by atoms with E-state index in [4.69, 9.17) is 4.98 Å². The average Bonchev–Trinajstić information content (AvgIpc) is 3.33.